The number of hydrogen-bond donors (Lipinski definition) is 1. The normalized spacial score (nSPS) is 19.2. The van der Waals surface area contributed by atoms with Gasteiger partial charge in [-0.2, -0.15) is 15.1 Å². The molecule has 2 aliphatic rings. The number of nitrogens with zero attached hydrogens (tertiary/aromatic N) is 7. The Hall–Kier alpha value is -4.78. The quantitative estimate of drug-likeness (QED) is 0.180. The second-order valence-electron chi connectivity index (χ2n) is 13.2. The summed E-state index contributed by atoms with van der Waals surface area (Å²) in [6.45, 7) is 5.30. The van der Waals surface area contributed by atoms with E-state index in [-0.39, 0.29) is 47.5 Å². The van der Waals surface area contributed by atoms with Gasteiger partial charge in [0.05, 0.1) is 16.6 Å². The van der Waals surface area contributed by atoms with E-state index in [0.717, 1.165) is 25.1 Å². The van der Waals surface area contributed by atoms with Crippen molar-refractivity contribution in [1.29, 1.82) is 0 Å². The van der Waals surface area contributed by atoms with Gasteiger partial charge in [0.15, 0.2) is 5.82 Å². The highest BCUT2D eigenvalue weighted by atomic mass is 19.1. The van der Waals surface area contributed by atoms with Gasteiger partial charge in [0, 0.05) is 50.9 Å². The lowest BCUT2D eigenvalue weighted by Crippen LogP contribution is -2.43. The Bertz CT molecular complexity index is 2070. The van der Waals surface area contributed by atoms with Crippen LogP contribution in [0.1, 0.15) is 55.1 Å². The van der Waals surface area contributed by atoms with Crippen LogP contribution in [0.4, 0.5) is 19.0 Å². The summed E-state index contributed by atoms with van der Waals surface area (Å²) < 4.78 is 53.8. The summed E-state index contributed by atoms with van der Waals surface area (Å²) in [6.07, 6.45) is 5.22. The molecule has 256 valence electrons. The van der Waals surface area contributed by atoms with Gasteiger partial charge in [-0.3, -0.25) is 14.7 Å². The van der Waals surface area contributed by atoms with Crippen LogP contribution in [0.2, 0.25) is 0 Å². The van der Waals surface area contributed by atoms with Crippen molar-refractivity contribution in [2.75, 3.05) is 38.2 Å². The third-order valence-corrected chi connectivity index (χ3v) is 9.86. The summed E-state index contributed by atoms with van der Waals surface area (Å²) in [5.41, 5.74) is 0.704. The minimum Gasteiger partial charge on any atom is -0.508 e. The van der Waals surface area contributed by atoms with Crippen molar-refractivity contribution in [2.45, 2.75) is 64.1 Å². The lowest BCUT2D eigenvalue weighted by molar-refractivity contribution is 0.0884. The van der Waals surface area contributed by atoms with E-state index >= 15 is 4.39 Å². The number of alkyl halides is 1. The molecular weight excluding hydrogens is 635 g/mol. The van der Waals surface area contributed by atoms with Gasteiger partial charge in [0.1, 0.15) is 41.4 Å². The Morgan fingerprint density at radius 3 is 2.82 bits per heavy atom. The van der Waals surface area contributed by atoms with Gasteiger partial charge in [-0.05, 0) is 79.8 Å². The van der Waals surface area contributed by atoms with Gasteiger partial charge in [-0.1, -0.05) is 13.0 Å². The van der Waals surface area contributed by atoms with Crippen LogP contribution in [0.5, 0.6) is 11.8 Å². The van der Waals surface area contributed by atoms with Crippen LogP contribution >= 0.6 is 0 Å². The summed E-state index contributed by atoms with van der Waals surface area (Å²) in [5, 5.41) is 16.1. The number of carbonyl (C=O) groups excluding carboxylic acids is 1. The molecule has 10 nitrogen and oxygen atoms in total. The predicted octanol–water partition coefficient (Wildman–Crippen LogP) is 6.41. The van der Waals surface area contributed by atoms with Gasteiger partial charge in [-0.15, -0.1) is 0 Å². The first-order valence-corrected chi connectivity index (χ1v) is 16.7. The monoisotopic (exact) mass is 673 g/mol. The molecule has 2 saturated heterocycles. The first kappa shape index (κ1) is 32.8. The van der Waals surface area contributed by atoms with E-state index in [2.05, 4.69) is 25.0 Å². The largest absolute Gasteiger partial charge is 0.508 e. The molecule has 0 amide bonds. The highest BCUT2D eigenvalue weighted by Crippen LogP contribution is 2.41. The van der Waals surface area contributed by atoms with E-state index in [1.165, 1.54) is 29.1 Å². The molecule has 0 saturated carbocycles. The number of halogens is 3. The minimum atomic E-state index is -0.947. The van der Waals surface area contributed by atoms with E-state index in [0.29, 0.717) is 59.9 Å². The van der Waals surface area contributed by atoms with E-state index in [1.807, 2.05) is 13.8 Å². The minimum absolute atomic E-state index is 0.0681. The smallest absolute Gasteiger partial charge is 0.319 e. The number of aromatic hydroxyl groups is 1. The van der Waals surface area contributed by atoms with E-state index in [1.54, 1.807) is 30.3 Å². The van der Waals surface area contributed by atoms with Crippen LogP contribution in [-0.2, 0) is 6.42 Å². The van der Waals surface area contributed by atoms with Crippen molar-refractivity contribution in [1.82, 2.24) is 29.6 Å². The Morgan fingerprint density at radius 1 is 1.20 bits per heavy atom. The lowest BCUT2D eigenvalue weighted by Gasteiger charge is -2.31. The number of phenols is 1. The van der Waals surface area contributed by atoms with Crippen LogP contribution in [0.3, 0.4) is 0 Å². The zero-order valence-electron chi connectivity index (χ0n) is 27.7. The standard InChI is InChI=1S/C36H38F3N7O3/c1-4-25-28(38)9-8-22-15-24(47)16-26(30(22)25)32-31(39)33-27(18-40-32)34(44(3)12-5-7-29(48)46-14-10-21(2)43-46)42-35(41-33)49-20-36-11-6-13-45(36)19-23(37)17-36/h8-10,14-16,18,23,47H,4-7,11-13,17,19-20H2,1-3H3/t23-,36+/m1/s1. The van der Waals surface area contributed by atoms with E-state index < -0.39 is 23.3 Å². The summed E-state index contributed by atoms with van der Waals surface area (Å²) in [5.74, 6) is -1.15. The summed E-state index contributed by atoms with van der Waals surface area (Å²) in [4.78, 5) is 30.3. The molecule has 0 bridgehead atoms. The molecule has 13 heteroatoms. The fourth-order valence-electron chi connectivity index (χ4n) is 7.49. The molecule has 1 N–H and O–H groups in total. The average molecular weight is 674 g/mol. The van der Waals surface area contributed by atoms with Crippen molar-refractivity contribution in [3.05, 3.63) is 65.6 Å². The lowest BCUT2D eigenvalue weighted by atomic mass is 9.94. The number of carbonyl (C=O) groups is 1. The van der Waals surface area contributed by atoms with Crippen LogP contribution in [0.25, 0.3) is 32.9 Å². The molecule has 5 aromatic rings. The SMILES string of the molecule is CCc1c(F)ccc2cc(O)cc(-c3ncc4c(N(C)CCCC(=O)n5ccc(C)n5)nc(OC[C@@]56CCCN5C[C@H](F)C6)nc4c3F)c12. The van der Waals surface area contributed by atoms with Crippen LogP contribution in [0, 0.1) is 18.6 Å². The maximum atomic E-state index is 16.8. The van der Waals surface area contributed by atoms with E-state index in [4.69, 9.17) is 4.74 Å². The second kappa shape index (κ2) is 12.9. The van der Waals surface area contributed by atoms with Gasteiger partial charge < -0.3 is 14.7 Å². The first-order chi connectivity index (χ1) is 23.6. The molecule has 0 unspecified atom stereocenters. The Balaban J connectivity index is 1.28. The fraction of sp³-hybridized carbons (Fsp3) is 0.417. The Labute approximate surface area is 281 Å². The van der Waals surface area contributed by atoms with Gasteiger partial charge in [0.2, 0.25) is 5.91 Å². The van der Waals surface area contributed by atoms with Crippen LogP contribution in [-0.4, -0.2) is 85.6 Å². The fourth-order valence-corrected chi connectivity index (χ4v) is 7.49. The molecular formula is C36H38F3N7O3. The molecule has 5 heterocycles. The van der Waals surface area contributed by atoms with Crippen LogP contribution < -0.4 is 9.64 Å². The number of aryl methyl sites for hydroxylation is 2. The van der Waals surface area contributed by atoms with E-state index in [9.17, 15) is 18.7 Å². The molecule has 2 atom stereocenters. The molecule has 49 heavy (non-hydrogen) atoms. The Kier molecular flexibility index (Phi) is 8.64. The number of ether oxygens (including phenoxy) is 1. The zero-order chi connectivity index (χ0) is 34.4. The number of benzene rings is 2. The highest BCUT2D eigenvalue weighted by Gasteiger charge is 2.49. The Morgan fingerprint density at radius 2 is 2.04 bits per heavy atom. The van der Waals surface area contributed by atoms with Gasteiger partial charge >= 0.3 is 6.01 Å². The van der Waals surface area contributed by atoms with Gasteiger partial charge in [-0.25, -0.2) is 17.9 Å². The molecule has 3 aromatic heterocycles. The summed E-state index contributed by atoms with van der Waals surface area (Å²) in [7, 11) is 1.78. The molecule has 7 rings (SSSR count). The maximum absolute atomic E-state index is 16.8. The molecule has 2 aromatic carbocycles. The molecule has 2 fully saturated rings. The number of phenolic OH excluding ortho intramolecular Hbond substituents is 1. The number of anilines is 1. The number of fused-ring (bicyclic) bond motifs is 3. The van der Waals surface area contributed by atoms with Crippen molar-refractivity contribution in [3.8, 4) is 23.0 Å². The molecule has 2 aliphatic heterocycles. The number of aromatic nitrogens is 5. The first-order valence-electron chi connectivity index (χ1n) is 16.7. The number of pyridine rings is 1. The number of rotatable bonds is 10. The number of hydrogen-bond acceptors (Lipinski definition) is 9. The van der Waals surface area contributed by atoms with Crippen molar-refractivity contribution in [2.24, 2.45) is 0 Å². The highest BCUT2D eigenvalue weighted by molar-refractivity contribution is 6.01. The average Bonchev–Trinajstić information content (AvgIpc) is 3.77. The van der Waals surface area contributed by atoms with Crippen LogP contribution in [0.15, 0.2) is 42.7 Å². The molecule has 0 radical (unpaired) electrons. The summed E-state index contributed by atoms with van der Waals surface area (Å²) in [6, 6.07) is 7.45. The summed E-state index contributed by atoms with van der Waals surface area (Å²) >= 11 is 0. The molecule has 0 aliphatic carbocycles. The second-order valence-corrected chi connectivity index (χ2v) is 13.2. The molecule has 0 spiro atoms. The zero-order valence-corrected chi connectivity index (χ0v) is 27.7. The van der Waals surface area contributed by atoms with Crippen molar-refractivity contribution in [3.63, 3.8) is 0 Å². The third kappa shape index (κ3) is 6.04. The van der Waals surface area contributed by atoms with Gasteiger partial charge in [0.25, 0.3) is 0 Å². The topological polar surface area (TPSA) is 110 Å². The predicted molar refractivity (Wildman–Crippen MR) is 180 cm³/mol. The van der Waals surface area contributed by atoms with Crippen molar-refractivity contribution < 1.29 is 27.8 Å². The van der Waals surface area contributed by atoms with Crippen molar-refractivity contribution >= 4 is 33.4 Å². The third-order valence-electron chi connectivity index (χ3n) is 9.86. The maximum Gasteiger partial charge on any atom is 0.319 e.